The summed E-state index contributed by atoms with van der Waals surface area (Å²) in [6.07, 6.45) is 7.82. The maximum absolute atomic E-state index is 11.0. The summed E-state index contributed by atoms with van der Waals surface area (Å²) in [5.41, 5.74) is 1.06. The van der Waals surface area contributed by atoms with Gasteiger partial charge in [-0.1, -0.05) is 48.4 Å². The Labute approximate surface area is 143 Å². The van der Waals surface area contributed by atoms with E-state index in [4.69, 9.17) is 6.42 Å². The van der Waals surface area contributed by atoms with Crippen LogP contribution in [-0.2, 0) is 5.60 Å². The van der Waals surface area contributed by atoms with Gasteiger partial charge < -0.3 is 15.1 Å². The van der Waals surface area contributed by atoms with Crippen molar-refractivity contribution in [3.8, 4) is 12.3 Å². The highest BCUT2D eigenvalue weighted by atomic mass is 16.3. The molecule has 0 aliphatic carbocycles. The van der Waals surface area contributed by atoms with Gasteiger partial charge in [-0.3, -0.25) is 0 Å². The molecule has 3 nitrogen and oxygen atoms in total. The Morgan fingerprint density at radius 1 is 1.08 bits per heavy atom. The molecule has 1 aliphatic rings. The maximum atomic E-state index is 11.0. The van der Waals surface area contributed by atoms with Crippen molar-refractivity contribution < 1.29 is 10.2 Å². The first-order chi connectivity index (χ1) is 11.7. The van der Waals surface area contributed by atoms with Crippen LogP contribution >= 0.6 is 0 Å². The van der Waals surface area contributed by atoms with Crippen molar-refractivity contribution in [2.75, 3.05) is 24.6 Å². The summed E-state index contributed by atoms with van der Waals surface area (Å²) < 4.78 is 0. The van der Waals surface area contributed by atoms with E-state index < -0.39 is 5.60 Å². The minimum atomic E-state index is -1.42. The molecular formula is C21H23NO2. The molecule has 1 heterocycles. The lowest BCUT2D eigenvalue weighted by Crippen LogP contribution is -2.36. The van der Waals surface area contributed by atoms with Crippen LogP contribution in [0.5, 0.6) is 0 Å². The van der Waals surface area contributed by atoms with Crippen molar-refractivity contribution in [2.45, 2.75) is 18.4 Å². The maximum Gasteiger partial charge on any atom is 0.176 e. The van der Waals surface area contributed by atoms with E-state index in [1.54, 1.807) is 0 Å². The van der Waals surface area contributed by atoms with E-state index in [-0.39, 0.29) is 6.61 Å². The fourth-order valence-electron chi connectivity index (χ4n) is 3.37. The quantitative estimate of drug-likeness (QED) is 0.851. The van der Waals surface area contributed by atoms with Crippen LogP contribution in [-0.4, -0.2) is 29.9 Å². The molecular weight excluding hydrogens is 298 g/mol. The van der Waals surface area contributed by atoms with Crippen LogP contribution in [0.4, 0.5) is 5.69 Å². The van der Waals surface area contributed by atoms with E-state index in [1.807, 2.05) is 54.6 Å². The molecule has 1 aliphatic heterocycles. The van der Waals surface area contributed by atoms with Crippen molar-refractivity contribution >= 4 is 5.69 Å². The van der Waals surface area contributed by atoms with Crippen LogP contribution in [0.15, 0.2) is 54.6 Å². The fraction of sp³-hybridized carbons (Fsp3) is 0.333. The SMILES string of the molecule is C#CC(O)(c1ccccc1)c1ccc(N2CCCC(CO)C2)cc1. The zero-order chi connectivity index (χ0) is 17.0. The normalized spacial score (nSPS) is 20.2. The monoisotopic (exact) mass is 321 g/mol. The molecule has 2 atom stereocenters. The summed E-state index contributed by atoms with van der Waals surface area (Å²) in [6.45, 7) is 2.10. The molecule has 1 fully saturated rings. The number of piperidine rings is 1. The molecule has 3 rings (SSSR count). The Morgan fingerprint density at radius 3 is 2.38 bits per heavy atom. The molecule has 0 radical (unpaired) electrons. The molecule has 0 amide bonds. The highest BCUT2D eigenvalue weighted by molar-refractivity contribution is 5.52. The number of aliphatic hydroxyl groups is 2. The number of rotatable bonds is 4. The summed E-state index contributed by atoms with van der Waals surface area (Å²) in [6, 6.07) is 17.1. The molecule has 2 aromatic rings. The Hall–Kier alpha value is -2.28. The molecule has 0 spiro atoms. The van der Waals surface area contributed by atoms with Crippen molar-refractivity contribution in [1.29, 1.82) is 0 Å². The molecule has 2 unspecified atom stereocenters. The largest absolute Gasteiger partial charge is 0.396 e. The Bertz CT molecular complexity index is 705. The van der Waals surface area contributed by atoms with Crippen LogP contribution < -0.4 is 4.90 Å². The molecule has 2 aromatic carbocycles. The number of nitrogens with zero attached hydrogens (tertiary/aromatic N) is 1. The minimum absolute atomic E-state index is 0.236. The van der Waals surface area contributed by atoms with Crippen LogP contribution in [0.3, 0.4) is 0 Å². The van der Waals surface area contributed by atoms with E-state index in [0.717, 1.165) is 31.6 Å². The highest BCUT2D eigenvalue weighted by Crippen LogP contribution is 2.31. The van der Waals surface area contributed by atoms with Crippen LogP contribution in [0.2, 0.25) is 0 Å². The zero-order valence-corrected chi connectivity index (χ0v) is 13.7. The van der Waals surface area contributed by atoms with Gasteiger partial charge in [0.15, 0.2) is 5.60 Å². The molecule has 1 saturated heterocycles. The summed E-state index contributed by atoms with van der Waals surface area (Å²) in [5.74, 6) is 2.87. The predicted molar refractivity (Wildman–Crippen MR) is 96.7 cm³/mol. The van der Waals surface area contributed by atoms with E-state index in [1.165, 1.54) is 0 Å². The Balaban J connectivity index is 1.85. The smallest absolute Gasteiger partial charge is 0.176 e. The average molecular weight is 321 g/mol. The molecule has 2 N–H and O–H groups in total. The van der Waals surface area contributed by atoms with Gasteiger partial charge >= 0.3 is 0 Å². The third-order valence-corrected chi connectivity index (χ3v) is 4.83. The fourth-order valence-corrected chi connectivity index (χ4v) is 3.37. The third-order valence-electron chi connectivity index (χ3n) is 4.83. The standard InChI is InChI=1S/C21H23NO2/c1-2-21(24,18-8-4-3-5-9-18)19-10-12-20(13-11-19)22-14-6-7-17(15-22)16-23/h1,3-5,8-13,17,23-24H,6-7,14-16H2. The molecule has 0 aromatic heterocycles. The van der Waals surface area contributed by atoms with Crippen molar-refractivity contribution in [3.63, 3.8) is 0 Å². The van der Waals surface area contributed by atoms with Gasteiger partial charge in [-0.25, -0.2) is 0 Å². The highest BCUT2D eigenvalue weighted by Gasteiger charge is 2.29. The van der Waals surface area contributed by atoms with Gasteiger partial charge in [0.05, 0.1) is 0 Å². The van der Waals surface area contributed by atoms with Gasteiger partial charge in [-0.2, -0.15) is 0 Å². The number of hydrogen-bond acceptors (Lipinski definition) is 3. The van der Waals surface area contributed by atoms with E-state index in [9.17, 15) is 10.2 Å². The predicted octanol–water partition coefficient (Wildman–Crippen LogP) is 2.76. The summed E-state index contributed by atoms with van der Waals surface area (Å²) in [5, 5.41) is 20.3. The van der Waals surface area contributed by atoms with Crippen LogP contribution in [0.25, 0.3) is 0 Å². The van der Waals surface area contributed by atoms with Crippen LogP contribution in [0, 0.1) is 18.3 Å². The number of benzene rings is 2. The van der Waals surface area contributed by atoms with Gasteiger partial charge in [0.1, 0.15) is 0 Å². The average Bonchev–Trinajstić information content (AvgIpc) is 2.68. The van der Waals surface area contributed by atoms with Crippen molar-refractivity contribution in [3.05, 3.63) is 65.7 Å². The summed E-state index contributed by atoms with van der Waals surface area (Å²) in [4.78, 5) is 2.28. The number of aliphatic hydroxyl groups excluding tert-OH is 1. The minimum Gasteiger partial charge on any atom is -0.396 e. The van der Waals surface area contributed by atoms with Crippen molar-refractivity contribution in [2.24, 2.45) is 5.92 Å². The van der Waals surface area contributed by atoms with Gasteiger partial charge in [0.2, 0.25) is 0 Å². The van der Waals surface area contributed by atoms with E-state index in [0.29, 0.717) is 17.0 Å². The molecule has 0 saturated carbocycles. The Kier molecular flexibility index (Phi) is 4.89. The first-order valence-corrected chi connectivity index (χ1v) is 8.39. The zero-order valence-electron chi connectivity index (χ0n) is 13.7. The second kappa shape index (κ2) is 7.09. The first kappa shape index (κ1) is 16.6. The lowest BCUT2D eigenvalue weighted by Gasteiger charge is -2.34. The molecule has 124 valence electrons. The van der Waals surface area contributed by atoms with Crippen LogP contribution in [0.1, 0.15) is 24.0 Å². The summed E-state index contributed by atoms with van der Waals surface area (Å²) in [7, 11) is 0. The lowest BCUT2D eigenvalue weighted by atomic mass is 9.87. The first-order valence-electron chi connectivity index (χ1n) is 8.39. The number of anilines is 1. The topological polar surface area (TPSA) is 43.7 Å². The van der Waals surface area contributed by atoms with Gasteiger partial charge in [0, 0.05) is 36.5 Å². The third kappa shape index (κ3) is 3.17. The number of terminal acetylenes is 1. The van der Waals surface area contributed by atoms with Gasteiger partial charge in [0.25, 0.3) is 0 Å². The number of hydrogen-bond donors (Lipinski definition) is 2. The van der Waals surface area contributed by atoms with Gasteiger partial charge in [-0.15, -0.1) is 6.42 Å². The molecule has 3 heteroatoms. The Morgan fingerprint density at radius 2 is 1.75 bits per heavy atom. The van der Waals surface area contributed by atoms with Crippen molar-refractivity contribution in [1.82, 2.24) is 0 Å². The lowest BCUT2D eigenvalue weighted by molar-refractivity contribution is 0.145. The summed E-state index contributed by atoms with van der Waals surface area (Å²) >= 11 is 0. The molecule has 24 heavy (non-hydrogen) atoms. The van der Waals surface area contributed by atoms with E-state index in [2.05, 4.69) is 10.8 Å². The second-order valence-corrected chi connectivity index (χ2v) is 6.40. The van der Waals surface area contributed by atoms with E-state index >= 15 is 0 Å². The van der Waals surface area contributed by atoms with Gasteiger partial charge in [-0.05, 0) is 30.9 Å². The second-order valence-electron chi connectivity index (χ2n) is 6.40. The molecule has 0 bridgehead atoms.